The number of benzene rings is 2. The summed E-state index contributed by atoms with van der Waals surface area (Å²) in [6.07, 6.45) is 1.59. The molecule has 0 fully saturated rings. The van der Waals surface area contributed by atoms with Crippen molar-refractivity contribution in [1.82, 2.24) is 9.97 Å². The molecule has 0 atom stereocenters. The molecule has 0 unspecified atom stereocenters. The van der Waals surface area contributed by atoms with E-state index in [2.05, 4.69) is 20.6 Å². The number of rotatable bonds is 5. The minimum absolute atomic E-state index is 0.300. The van der Waals surface area contributed by atoms with Crippen LogP contribution in [0.4, 0.5) is 26.2 Å². The first-order chi connectivity index (χ1) is 11.2. The SMILES string of the molecule is Fc1ccc(Nc2nccc(NCc3ccccc3)n2)cc1F. The van der Waals surface area contributed by atoms with Crippen LogP contribution in [0.1, 0.15) is 5.56 Å². The molecule has 0 spiro atoms. The molecule has 3 rings (SSSR count). The van der Waals surface area contributed by atoms with E-state index in [9.17, 15) is 8.78 Å². The number of hydrogen-bond donors (Lipinski definition) is 2. The van der Waals surface area contributed by atoms with E-state index in [0.29, 0.717) is 24.0 Å². The maximum absolute atomic E-state index is 13.2. The van der Waals surface area contributed by atoms with Gasteiger partial charge >= 0.3 is 0 Å². The van der Waals surface area contributed by atoms with Crippen molar-refractivity contribution in [3.05, 3.63) is 78.0 Å². The molecular formula is C17H14F2N4. The number of nitrogens with zero attached hydrogens (tertiary/aromatic N) is 2. The molecule has 0 aliphatic heterocycles. The van der Waals surface area contributed by atoms with Crippen LogP contribution >= 0.6 is 0 Å². The molecule has 6 heteroatoms. The zero-order valence-corrected chi connectivity index (χ0v) is 12.1. The topological polar surface area (TPSA) is 49.8 Å². The third-order valence-electron chi connectivity index (χ3n) is 3.15. The Hall–Kier alpha value is -3.02. The fraction of sp³-hybridized carbons (Fsp3) is 0.0588. The normalized spacial score (nSPS) is 10.3. The van der Waals surface area contributed by atoms with Crippen LogP contribution < -0.4 is 10.6 Å². The molecule has 4 nitrogen and oxygen atoms in total. The molecule has 23 heavy (non-hydrogen) atoms. The van der Waals surface area contributed by atoms with Crippen LogP contribution in [0.5, 0.6) is 0 Å². The molecule has 0 saturated carbocycles. The highest BCUT2D eigenvalue weighted by atomic mass is 19.2. The second kappa shape index (κ2) is 6.83. The Kier molecular flexibility index (Phi) is 4.42. The lowest BCUT2D eigenvalue weighted by atomic mass is 10.2. The van der Waals surface area contributed by atoms with Crippen LogP contribution in [0.3, 0.4) is 0 Å². The lowest BCUT2D eigenvalue weighted by Gasteiger charge is -2.08. The van der Waals surface area contributed by atoms with Crippen LogP contribution in [0.2, 0.25) is 0 Å². The Bertz CT molecular complexity index is 794. The zero-order chi connectivity index (χ0) is 16.1. The van der Waals surface area contributed by atoms with Gasteiger partial charge in [-0.05, 0) is 23.8 Å². The maximum Gasteiger partial charge on any atom is 0.229 e. The van der Waals surface area contributed by atoms with Crippen molar-refractivity contribution in [2.24, 2.45) is 0 Å². The third kappa shape index (κ3) is 4.00. The number of nitrogens with one attached hydrogen (secondary N) is 2. The van der Waals surface area contributed by atoms with E-state index < -0.39 is 11.6 Å². The van der Waals surface area contributed by atoms with E-state index in [1.807, 2.05) is 30.3 Å². The summed E-state index contributed by atoms with van der Waals surface area (Å²) < 4.78 is 26.1. The first-order valence-corrected chi connectivity index (χ1v) is 7.03. The van der Waals surface area contributed by atoms with Gasteiger partial charge in [-0.1, -0.05) is 30.3 Å². The summed E-state index contributed by atoms with van der Waals surface area (Å²) in [4.78, 5) is 8.35. The van der Waals surface area contributed by atoms with E-state index in [0.717, 1.165) is 17.7 Å². The van der Waals surface area contributed by atoms with Crippen molar-refractivity contribution in [1.29, 1.82) is 0 Å². The zero-order valence-electron chi connectivity index (χ0n) is 12.1. The van der Waals surface area contributed by atoms with Gasteiger partial charge in [0.25, 0.3) is 0 Å². The summed E-state index contributed by atoms with van der Waals surface area (Å²) in [7, 11) is 0. The minimum Gasteiger partial charge on any atom is -0.366 e. The van der Waals surface area contributed by atoms with Gasteiger partial charge in [-0.15, -0.1) is 0 Å². The van der Waals surface area contributed by atoms with E-state index in [4.69, 9.17) is 0 Å². The van der Waals surface area contributed by atoms with E-state index in [1.165, 1.54) is 6.07 Å². The number of anilines is 3. The number of halogens is 2. The van der Waals surface area contributed by atoms with E-state index in [-0.39, 0.29) is 0 Å². The molecule has 2 N–H and O–H groups in total. The predicted molar refractivity (Wildman–Crippen MR) is 85.4 cm³/mol. The van der Waals surface area contributed by atoms with Gasteiger partial charge in [0.1, 0.15) is 5.82 Å². The van der Waals surface area contributed by atoms with Crippen molar-refractivity contribution in [3.8, 4) is 0 Å². The average molecular weight is 312 g/mol. The number of hydrogen-bond acceptors (Lipinski definition) is 4. The first-order valence-electron chi connectivity index (χ1n) is 7.03. The highest BCUT2D eigenvalue weighted by molar-refractivity contribution is 5.54. The highest BCUT2D eigenvalue weighted by Gasteiger charge is 2.04. The van der Waals surface area contributed by atoms with Crippen molar-refractivity contribution in [2.45, 2.75) is 6.54 Å². The van der Waals surface area contributed by atoms with Crippen LogP contribution in [0.15, 0.2) is 60.8 Å². The Balaban J connectivity index is 1.68. The fourth-order valence-electron chi connectivity index (χ4n) is 2.01. The van der Waals surface area contributed by atoms with Gasteiger partial charge < -0.3 is 10.6 Å². The first kappa shape index (κ1) is 14.9. The Labute approximate surface area is 132 Å². The van der Waals surface area contributed by atoms with Crippen LogP contribution in [-0.4, -0.2) is 9.97 Å². The van der Waals surface area contributed by atoms with Crippen molar-refractivity contribution < 1.29 is 8.78 Å². The highest BCUT2D eigenvalue weighted by Crippen LogP contribution is 2.17. The summed E-state index contributed by atoms with van der Waals surface area (Å²) in [5.74, 6) is -0.883. The van der Waals surface area contributed by atoms with Crippen molar-refractivity contribution >= 4 is 17.5 Å². The Morgan fingerprint density at radius 3 is 2.52 bits per heavy atom. The standard InChI is InChI=1S/C17H14F2N4/c18-14-7-6-13(10-15(14)19)22-17-20-9-8-16(23-17)21-11-12-4-2-1-3-5-12/h1-10H,11H2,(H2,20,21,22,23). The largest absolute Gasteiger partial charge is 0.366 e. The molecule has 0 amide bonds. The summed E-state index contributed by atoms with van der Waals surface area (Å²) in [5.41, 5.74) is 1.50. The summed E-state index contributed by atoms with van der Waals surface area (Å²) in [5, 5.41) is 6.02. The van der Waals surface area contributed by atoms with Gasteiger partial charge in [0.2, 0.25) is 5.95 Å². The molecule has 2 aromatic carbocycles. The van der Waals surface area contributed by atoms with Gasteiger partial charge in [0.05, 0.1) is 0 Å². The van der Waals surface area contributed by atoms with Crippen LogP contribution in [0, 0.1) is 11.6 Å². The monoisotopic (exact) mass is 312 g/mol. The molecule has 116 valence electrons. The van der Waals surface area contributed by atoms with Gasteiger partial charge in [-0.3, -0.25) is 0 Å². The molecule has 0 aliphatic carbocycles. The summed E-state index contributed by atoms with van der Waals surface area (Å²) in [6.45, 7) is 0.627. The minimum atomic E-state index is -0.923. The smallest absolute Gasteiger partial charge is 0.229 e. The van der Waals surface area contributed by atoms with Crippen LogP contribution in [-0.2, 0) is 6.54 Å². The van der Waals surface area contributed by atoms with Gasteiger partial charge in [0, 0.05) is 24.5 Å². The van der Waals surface area contributed by atoms with Crippen LogP contribution in [0.25, 0.3) is 0 Å². The molecule has 0 aliphatic rings. The third-order valence-corrected chi connectivity index (χ3v) is 3.15. The molecule has 0 radical (unpaired) electrons. The quantitative estimate of drug-likeness (QED) is 0.744. The summed E-state index contributed by atoms with van der Waals surface area (Å²) >= 11 is 0. The Morgan fingerprint density at radius 2 is 1.74 bits per heavy atom. The molecule has 3 aromatic rings. The maximum atomic E-state index is 13.2. The number of aromatic nitrogens is 2. The second-order valence-corrected chi connectivity index (χ2v) is 4.86. The van der Waals surface area contributed by atoms with E-state index in [1.54, 1.807) is 12.3 Å². The van der Waals surface area contributed by atoms with Crippen molar-refractivity contribution in [2.75, 3.05) is 10.6 Å². The summed E-state index contributed by atoms with van der Waals surface area (Å²) in [6, 6.07) is 15.2. The van der Waals surface area contributed by atoms with E-state index >= 15 is 0 Å². The van der Waals surface area contributed by atoms with Gasteiger partial charge in [-0.25, -0.2) is 13.8 Å². The molecule has 1 heterocycles. The van der Waals surface area contributed by atoms with Gasteiger partial charge in [0.15, 0.2) is 11.6 Å². The van der Waals surface area contributed by atoms with Gasteiger partial charge in [-0.2, -0.15) is 4.98 Å². The lowest BCUT2D eigenvalue weighted by molar-refractivity contribution is 0.509. The average Bonchev–Trinajstić information content (AvgIpc) is 2.58. The fourth-order valence-corrected chi connectivity index (χ4v) is 2.01. The van der Waals surface area contributed by atoms with Crippen molar-refractivity contribution in [3.63, 3.8) is 0 Å². The molecular weight excluding hydrogens is 298 g/mol. The molecule has 0 bridgehead atoms. The molecule has 0 saturated heterocycles. The molecule has 1 aromatic heterocycles. The second-order valence-electron chi connectivity index (χ2n) is 4.86. The predicted octanol–water partition coefficient (Wildman–Crippen LogP) is 4.11. The Morgan fingerprint density at radius 1 is 0.913 bits per heavy atom. The lowest BCUT2D eigenvalue weighted by Crippen LogP contribution is -2.04.